The lowest BCUT2D eigenvalue weighted by Crippen LogP contribution is -2.31. The molecule has 0 aliphatic carbocycles. The first-order valence-electron chi connectivity index (χ1n) is 8.10. The molecule has 0 radical (unpaired) electrons. The number of benzene rings is 3. The molecule has 0 atom stereocenters. The highest BCUT2D eigenvalue weighted by Gasteiger charge is 2.13. The van der Waals surface area contributed by atoms with Crippen molar-refractivity contribution in [3.8, 4) is 22.5 Å². The lowest BCUT2D eigenvalue weighted by atomic mass is 10.0. The smallest absolute Gasteiger partial charge is 0.174 e. The largest absolute Gasteiger partial charge is 0.355 e. The first kappa shape index (κ1) is 15.9. The van der Waals surface area contributed by atoms with Crippen LogP contribution in [0.15, 0.2) is 82.4 Å². The van der Waals surface area contributed by atoms with Gasteiger partial charge in [-0.05, 0) is 29.3 Å². The number of amidine groups is 1. The molecule has 0 fully saturated rings. The minimum atomic E-state index is 0.387. The highest BCUT2D eigenvalue weighted by molar-refractivity contribution is 6.03. The zero-order valence-electron chi connectivity index (χ0n) is 13.9. The molecule has 26 heavy (non-hydrogen) atoms. The number of hydrogen-bond acceptors (Lipinski definition) is 5. The number of hydrogen-bond donors (Lipinski definition) is 3. The van der Waals surface area contributed by atoms with Crippen molar-refractivity contribution in [2.24, 2.45) is 16.8 Å². The van der Waals surface area contributed by atoms with Crippen molar-refractivity contribution in [1.29, 1.82) is 0 Å². The Kier molecular flexibility index (Phi) is 4.09. The molecule has 0 unspecified atom stereocenters. The predicted octanol–water partition coefficient (Wildman–Crippen LogP) is 3.25. The Bertz CT molecular complexity index is 1070. The van der Waals surface area contributed by atoms with E-state index in [0.29, 0.717) is 11.6 Å². The summed E-state index contributed by atoms with van der Waals surface area (Å²) in [7, 11) is 0. The minimum absolute atomic E-state index is 0.387. The van der Waals surface area contributed by atoms with E-state index in [1.165, 1.54) is 5.56 Å². The Morgan fingerprint density at radius 3 is 2.27 bits per heavy atom. The summed E-state index contributed by atoms with van der Waals surface area (Å²) in [5.74, 6) is 11.9. The quantitative estimate of drug-likeness (QED) is 0.229. The maximum Gasteiger partial charge on any atom is 0.174 e. The average molecular weight is 343 g/mol. The van der Waals surface area contributed by atoms with Crippen molar-refractivity contribution >= 4 is 16.7 Å². The topological polar surface area (TPSA) is 102 Å². The summed E-state index contributed by atoms with van der Waals surface area (Å²) < 4.78 is 5.58. The fraction of sp³-hybridized carbons (Fsp3) is 0. The summed E-state index contributed by atoms with van der Waals surface area (Å²) in [5, 5.41) is 8.64. The molecular formula is C20H17N5O. The van der Waals surface area contributed by atoms with E-state index >= 15 is 0 Å². The van der Waals surface area contributed by atoms with Gasteiger partial charge in [-0.15, -0.1) is 0 Å². The van der Waals surface area contributed by atoms with E-state index in [1.54, 1.807) is 0 Å². The molecular weight excluding hydrogens is 326 g/mol. The van der Waals surface area contributed by atoms with Gasteiger partial charge in [0.2, 0.25) is 0 Å². The van der Waals surface area contributed by atoms with Crippen LogP contribution in [0.1, 0.15) is 5.56 Å². The fourth-order valence-corrected chi connectivity index (χ4v) is 2.94. The summed E-state index contributed by atoms with van der Waals surface area (Å²) in [5.41, 5.74) is 7.25. The maximum absolute atomic E-state index is 5.58. The van der Waals surface area contributed by atoms with Crippen molar-refractivity contribution in [2.45, 2.75) is 0 Å². The molecule has 1 heterocycles. The highest BCUT2D eigenvalue weighted by atomic mass is 16.5. The fourth-order valence-electron chi connectivity index (χ4n) is 2.94. The molecule has 0 aliphatic heterocycles. The van der Waals surface area contributed by atoms with Crippen molar-refractivity contribution in [2.75, 3.05) is 0 Å². The van der Waals surface area contributed by atoms with Crippen LogP contribution >= 0.6 is 0 Å². The summed E-state index contributed by atoms with van der Waals surface area (Å²) in [6, 6.07) is 24.0. The second-order valence-corrected chi connectivity index (χ2v) is 5.81. The third-order valence-electron chi connectivity index (χ3n) is 4.27. The molecule has 3 aromatic carbocycles. The first-order valence-corrected chi connectivity index (χ1v) is 8.10. The molecule has 0 saturated carbocycles. The molecule has 0 amide bonds. The van der Waals surface area contributed by atoms with Gasteiger partial charge in [-0.3, -0.25) is 0 Å². The lowest BCUT2D eigenvalue weighted by Gasteiger charge is -2.05. The summed E-state index contributed by atoms with van der Waals surface area (Å²) in [6.45, 7) is 0. The Morgan fingerprint density at radius 1 is 0.885 bits per heavy atom. The number of nitrogens with one attached hydrogen (secondary N) is 1. The lowest BCUT2D eigenvalue weighted by molar-refractivity contribution is 0.441. The Hall–Kier alpha value is -3.64. The van der Waals surface area contributed by atoms with E-state index in [9.17, 15) is 0 Å². The normalized spacial score (nSPS) is 11.7. The van der Waals surface area contributed by atoms with Gasteiger partial charge in [0, 0.05) is 11.1 Å². The van der Waals surface area contributed by atoms with Crippen molar-refractivity contribution < 1.29 is 4.52 Å². The molecule has 1 aromatic heterocycles. The van der Waals surface area contributed by atoms with Gasteiger partial charge in [0.05, 0.1) is 5.39 Å². The van der Waals surface area contributed by atoms with Crippen LogP contribution in [0.25, 0.3) is 33.4 Å². The second kappa shape index (κ2) is 6.70. The van der Waals surface area contributed by atoms with Crippen LogP contribution in [0.5, 0.6) is 0 Å². The zero-order valence-corrected chi connectivity index (χ0v) is 13.9. The van der Waals surface area contributed by atoms with Crippen LogP contribution in [0, 0.1) is 0 Å². The number of nitrogens with zero attached hydrogens (tertiary/aromatic N) is 2. The third kappa shape index (κ3) is 2.78. The van der Waals surface area contributed by atoms with Gasteiger partial charge < -0.3 is 15.8 Å². The number of fused-ring (bicyclic) bond motifs is 1. The Morgan fingerprint density at radius 2 is 1.58 bits per heavy atom. The number of hydrazine groups is 1. The molecule has 6 nitrogen and oxygen atoms in total. The molecule has 4 aromatic rings. The standard InChI is InChI=1S/C20H17N5O/c21-23-20(24-22)16-10-11-18-17(12-16)19(26-25-18)15-8-6-14(7-9-15)13-4-2-1-3-5-13/h1-12H,21-22H2,(H,23,24). The van der Waals surface area contributed by atoms with Gasteiger partial charge >= 0.3 is 0 Å². The van der Waals surface area contributed by atoms with Crippen LogP contribution in [-0.4, -0.2) is 11.0 Å². The van der Waals surface area contributed by atoms with Gasteiger partial charge in [0.25, 0.3) is 0 Å². The van der Waals surface area contributed by atoms with E-state index in [1.807, 2.05) is 48.5 Å². The van der Waals surface area contributed by atoms with Crippen molar-refractivity contribution in [3.63, 3.8) is 0 Å². The number of aromatic nitrogens is 1. The number of hydrazone groups is 1. The van der Waals surface area contributed by atoms with E-state index in [4.69, 9.17) is 16.2 Å². The number of nitrogens with two attached hydrogens (primary N) is 2. The maximum atomic E-state index is 5.58. The molecule has 0 spiro atoms. The summed E-state index contributed by atoms with van der Waals surface area (Å²) >= 11 is 0. The first-order chi connectivity index (χ1) is 12.8. The second-order valence-electron chi connectivity index (χ2n) is 5.81. The minimum Gasteiger partial charge on any atom is -0.355 e. The Labute approximate surface area is 150 Å². The SMILES string of the molecule is N/N=C(\NN)c1ccc2noc(-c3ccc(-c4ccccc4)cc3)c2c1. The van der Waals surface area contributed by atoms with E-state index in [0.717, 1.165) is 27.6 Å². The predicted molar refractivity (Wildman–Crippen MR) is 103 cm³/mol. The van der Waals surface area contributed by atoms with Gasteiger partial charge in [-0.25, -0.2) is 5.84 Å². The van der Waals surface area contributed by atoms with E-state index in [-0.39, 0.29) is 0 Å². The summed E-state index contributed by atoms with van der Waals surface area (Å²) in [6.07, 6.45) is 0. The molecule has 0 aliphatic rings. The van der Waals surface area contributed by atoms with Crippen LogP contribution in [0.3, 0.4) is 0 Å². The van der Waals surface area contributed by atoms with Crippen LogP contribution in [-0.2, 0) is 0 Å². The number of rotatable bonds is 3. The zero-order chi connectivity index (χ0) is 17.9. The molecule has 128 valence electrons. The highest BCUT2D eigenvalue weighted by Crippen LogP contribution is 2.31. The molecule has 0 bridgehead atoms. The molecule has 5 N–H and O–H groups in total. The third-order valence-corrected chi connectivity index (χ3v) is 4.27. The van der Waals surface area contributed by atoms with Gasteiger partial charge in [-0.1, -0.05) is 59.8 Å². The molecule has 6 heteroatoms. The van der Waals surface area contributed by atoms with Crippen molar-refractivity contribution in [3.05, 3.63) is 78.4 Å². The van der Waals surface area contributed by atoms with Crippen molar-refractivity contribution in [1.82, 2.24) is 10.6 Å². The van der Waals surface area contributed by atoms with E-state index in [2.05, 4.69) is 39.9 Å². The Balaban J connectivity index is 1.75. The van der Waals surface area contributed by atoms with Crippen LogP contribution < -0.4 is 17.1 Å². The van der Waals surface area contributed by atoms with Gasteiger partial charge in [0.15, 0.2) is 11.6 Å². The van der Waals surface area contributed by atoms with Crippen LogP contribution in [0.4, 0.5) is 0 Å². The molecule has 0 saturated heterocycles. The monoisotopic (exact) mass is 343 g/mol. The van der Waals surface area contributed by atoms with Crippen LogP contribution in [0.2, 0.25) is 0 Å². The van der Waals surface area contributed by atoms with Gasteiger partial charge in [0.1, 0.15) is 5.52 Å². The average Bonchev–Trinajstić information content (AvgIpc) is 3.13. The van der Waals surface area contributed by atoms with Gasteiger partial charge in [-0.2, -0.15) is 5.10 Å². The molecule has 4 rings (SSSR count). The van der Waals surface area contributed by atoms with E-state index < -0.39 is 0 Å². The summed E-state index contributed by atoms with van der Waals surface area (Å²) in [4.78, 5) is 0.